The molecule has 0 aliphatic carbocycles. The molecular formula is C8H15N2. The molecule has 2 heterocycles. The minimum absolute atomic E-state index is 0.752. The number of hydrogen-bond acceptors (Lipinski definition) is 2. The van der Waals surface area contributed by atoms with Crippen molar-refractivity contribution in [3.8, 4) is 0 Å². The Hall–Kier alpha value is -0.0800. The highest BCUT2D eigenvalue weighted by molar-refractivity contribution is 4.90. The summed E-state index contributed by atoms with van der Waals surface area (Å²) in [7, 11) is 0. The summed E-state index contributed by atoms with van der Waals surface area (Å²) >= 11 is 0. The Morgan fingerprint density at radius 1 is 1.30 bits per heavy atom. The topological polar surface area (TPSA) is 15.3 Å². The van der Waals surface area contributed by atoms with Gasteiger partial charge in [0.25, 0.3) is 0 Å². The molecule has 0 spiro atoms. The molecule has 57 valence electrons. The fraction of sp³-hybridized carbons (Fsp3) is 0.875. The van der Waals surface area contributed by atoms with Crippen LogP contribution in [0, 0.1) is 6.54 Å². The highest BCUT2D eigenvalue weighted by Gasteiger charge is 2.25. The summed E-state index contributed by atoms with van der Waals surface area (Å²) in [6.07, 6.45) is 4.07. The number of nitrogens with one attached hydrogen (secondary N) is 1. The molecule has 0 aromatic heterocycles. The van der Waals surface area contributed by atoms with Crippen molar-refractivity contribution >= 4 is 0 Å². The molecule has 1 N–H and O–H groups in total. The van der Waals surface area contributed by atoms with Gasteiger partial charge in [0.2, 0.25) is 0 Å². The van der Waals surface area contributed by atoms with E-state index in [9.17, 15) is 0 Å². The first-order valence-electron chi connectivity index (χ1n) is 4.27. The standard InChI is InChI=1S/C8H15N2/c1-3-8-7-9-4-2-6-10(8)5-1/h7-9H,1-6H2. The molecule has 2 nitrogen and oxygen atoms in total. The van der Waals surface area contributed by atoms with Gasteiger partial charge in [0, 0.05) is 12.6 Å². The summed E-state index contributed by atoms with van der Waals surface area (Å²) in [5.74, 6) is 0. The Bertz CT molecular complexity index is 102. The summed E-state index contributed by atoms with van der Waals surface area (Å²) in [5, 5.41) is 3.35. The molecule has 2 aliphatic heterocycles. The quantitative estimate of drug-likeness (QED) is 0.529. The number of hydrogen-bond donors (Lipinski definition) is 1. The Labute approximate surface area is 62.6 Å². The van der Waals surface area contributed by atoms with Gasteiger partial charge < -0.3 is 5.32 Å². The average Bonchev–Trinajstić information content (AvgIpc) is 2.28. The van der Waals surface area contributed by atoms with Crippen molar-refractivity contribution in [2.24, 2.45) is 0 Å². The van der Waals surface area contributed by atoms with E-state index < -0.39 is 0 Å². The van der Waals surface area contributed by atoms with Crippen molar-refractivity contribution in [3.63, 3.8) is 0 Å². The maximum Gasteiger partial charge on any atom is 0.0393 e. The Morgan fingerprint density at radius 3 is 3.20 bits per heavy atom. The van der Waals surface area contributed by atoms with Crippen LogP contribution in [0.3, 0.4) is 0 Å². The van der Waals surface area contributed by atoms with Gasteiger partial charge in [0.1, 0.15) is 0 Å². The molecule has 0 amide bonds. The zero-order chi connectivity index (χ0) is 6.81. The highest BCUT2D eigenvalue weighted by Crippen LogP contribution is 2.19. The predicted molar refractivity (Wildman–Crippen MR) is 41.5 cm³/mol. The van der Waals surface area contributed by atoms with Crippen molar-refractivity contribution in [1.82, 2.24) is 10.2 Å². The SMILES string of the molecule is [CH]1NCCCN2CCCC12. The van der Waals surface area contributed by atoms with Gasteiger partial charge in [-0.15, -0.1) is 0 Å². The average molecular weight is 139 g/mol. The van der Waals surface area contributed by atoms with Crippen LogP contribution < -0.4 is 5.32 Å². The fourth-order valence-corrected chi connectivity index (χ4v) is 1.92. The molecule has 2 aliphatic rings. The minimum atomic E-state index is 0.752. The molecule has 10 heavy (non-hydrogen) atoms. The van der Waals surface area contributed by atoms with Gasteiger partial charge in [-0.25, -0.2) is 0 Å². The first kappa shape index (κ1) is 6.62. The lowest BCUT2D eigenvalue weighted by molar-refractivity contribution is 0.287. The van der Waals surface area contributed by atoms with E-state index in [1.807, 2.05) is 0 Å². The zero-order valence-electron chi connectivity index (χ0n) is 6.34. The summed E-state index contributed by atoms with van der Waals surface area (Å²) in [6.45, 7) is 6.07. The van der Waals surface area contributed by atoms with E-state index >= 15 is 0 Å². The van der Waals surface area contributed by atoms with Crippen LogP contribution in [-0.4, -0.2) is 30.6 Å². The lowest BCUT2D eigenvalue weighted by atomic mass is 10.2. The molecule has 2 saturated heterocycles. The lowest BCUT2D eigenvalue weighted by Crippen LogP contribution is -2.30. The van der Waals surface area contributed by atoms with Gasteiger partial charge in [-0.1, -0.05) is 0 Å². The maximum atomic E-state index is 3.35. The van der Waals surface area contributed by atoms with E-state index in [1.54, 1.807) is 0 Å². The molecule has 1 atom stereocenters. The number of rotatable bonds is 0. The van der Waals surface area contributed by atoms with Gasteiger partial charge in [-0.05, 0) is 38.9 Å². The van der Waals surface area contributed by atoms with Gasteiger partial charge in [-0.3, -0.25) is 4.90 Å². The maximum absolute atomic E-state index is 3.35. The molecule has 1 unspecified atom stereocenters. The Balaban J connectivity index is 1.95. The minimum Gasteiger partial charge on any atom is -0.311 e. The fourth-order valence-electron chi connectivity index (χ4n) is 1.92. The second kappa shape index (κ2) is 2.89. The second-order valence-electron chi connectivity index (χ2n) is 3.22. The highest BCUT2D eigenvalue weighted by atomic mass is 15.2. The third-order valence-electron chi connectivity index (χ3n) is 2.49. The van der Waals surface area contributed by atoms with E-state index in [0.29, 0.717) is 0 Å². The van der Waals surface area contributed by atoms with Crippen LogP contribution in [0.4, 0.5) is 0 Å². The van der Waals surface area contributed by atoms with Crippen LogP contribution in [0.15, 0.2) is 0 Å². The van der Waals surface area contributed by atoms with E-state index in [-0.39, 0.29) is 0 Å². The van der Waals surface area contributed by atoms with Crippen molar-refractivity contribution in [2.75, 3.05) is 19.6 Å². The molecular weight excluding hydrogens is 124 g/mol. The Kier molecular flexibility index (Phi) is 1.91. The first-order chi connectivity index (χ1) is 4.97. The van der Waals surface area contributed by atoms with Crippen LogP contribution in [0.2, 0.25) is 0 Å². The van der Waals surface area contributed by atoms with Crippen LogP contribution in [0.5, 0.6) is 0 Å². The van der Waals surface area contributed by atoms with Crippen molar-refractivity contribution in [1.29, 1.82) is 0 Å². The summed E-state index contributed by atoms with van der Waals surface area (Å²) < 4.78 is 0. The molecule has 2 heteroatoms. The van der Waals surface area contributed by atoms with Crippen molar-refractivity contribution in [2.45, 2.75) is 25.3 Å². The second-order valence-corrected chi connectivity index (χ2v) is 3.22. The summed E-state index contributed by atoms with van der Waals surface area (Å²) in [6, 6.07) is 0.752. The van der Waals surface area contributed by atoms with E-state index in [0.717, 1.165) is 6.04 Å². The molecule has 1 radical (unpaired) electrons. The van der Waals surface area contributed by atoms with Gasteiger partial charge in [0.05, 0.1) is 0 Å². The number of fused-ring (bicyclic) bond motifs is 1. The summed E-state index contributed by atoms with van der Waals surface area (Å²) in [4.78, 5) is 2.58. The van der Waals surface area contributed by atoms with Crippen LogP contribution in [0.25, 0.3) is 0 Å². The van der Waals surface area contributed by atoms with E-state index in [4.69, 9.17) is 0 Å². The predicted octanol–water partition coefficient (Wildman–Crippen LogP) is 0.606. The third-order valence-corrected chi connectivity index (χ3v) is 2.49. The third kappa shape index (κ3) is 1.18. The van der Waals surface area contributed by atoms with Gasteiger partial charge >= 0.3 is 0 Å². The zero-order valence-corrected chi connectivity index (χ0v) is 6.34. The van der Waals surface area contributed by atoms with Crippen molar-refractivity contribution in [3.05, 3.63) is 6.54 Å². The Morgan fingerprint density at radius 2 is 2.20 bits per heavy atom. The molecule has 0 bridgehead atoms. The van der Waals surface area contributed by atoms with E-state index in [1.165, 1.54) is 38.9 Å². The van der Waals surface area contributed by atoms with Gasteiger partial charge in [0.15, 0.2) is 0 Å². The lowest BCUT2D eigenvalue weighted by Gasteiger charge is -2.19. The van der Waals surface area contributed by atoms with Crippen LogP contribution in [-0.2, 0) is 0 Å². The molecule has 0 aromatic carbocycles. The van der Waals surface area contributed by atoms with Gasteiger partial charge in [-0.2, -0.15) is 0 Å². The molecule has 2 fully saturated rings. The smallest absolute Gasteiger partial charge is 0.0393 e. The largest absolute Gasteiger partial charge is 0.311 e. The number of nitrogens with zero attached hydrogens (tertiary/aromatic N) is 1. The van der Waals surface area contributed by atoms with E-state index in [2.05, 4.69) is 16.8 Å². The molecule has 2 rings (SSSR count). The molecule has 0 aromatic rings. The summed E-state index contributed by atoms with van der Waals surface area (Å²) in [5.41, 5.74) is 0. The normalized spacial score (nSPS) is 35.4. The monoisotopic (exact) mass is 139 g/mol. The van der Waals surface area contributed by atoms with Crippen LogP contribution in [0.1, 0.15) is 19.3 Å². The first-order valence-corrected chi connectivity index (χ1v) is 4.27. The molecule has 0 saturated carbocycles. The van der Waals surface area contributed by atoms with Crippen molar-refractivity contribution < 1.29 is 0 Å². The van der Waals surface area contributed by atoms with Crippen LogP contribution >= 0.6 is 0 Å².